The van der Waals surface area contributed by atoms with E-state index in [1.807, 2.05) is 31.2 Å². The van der Waals surface area contributed by atoms with Crippen molar-refractivity contribution in [2.24, 2.45) is 0 Å². The minimum atomic E-state index is -4.16. The van der Waals surface area contributed by atoms with E-state index in [0.29, 0.717) is 5.56 Å². The van der Waals surface area contributed by atoms with Crippen molar-refractivity contribution in [2.45, 2.75) is 31.8 Å². The molecule has 0 fully saturated rings. The Morgan fingerprint density at radius 3 is 2.46 bits per heavy atom. The van der Waals surface area contributed by atoms with E-state index in [9.17, 15) is 17.6 Å². The summed E-state index contributed by atoms with van der Waals surface area (Å²) < 4.78 is 52.8. The first-order valence-electron chi connectivity index (χ1n) is 10.6. The van der Waals surface area contributed by atoms with Gasteiger partial charge in [0.1, 0.15) is 5.82 Å². The Balaban J connectivity index is 1.52. The lowest BCUT2D eigenvalue weighted by Gasteiger charge is -2.13. The number of aryl methyl sites for hydroxylation is 2. The highest BCUT2D eigenvalue weighted by molar-refractivity contribution is 7.92. The molecule has 4 aromatic rings. The SMILES string of the molecule is Cc1ccc(-c2nnc(C(C)OC(=O)c3cc(S(=O)(=O)Nc4ccccc4F)ccc3C)o2)cc1. The van der Waals surface area contributed by atoms with Gasteiger partial charge in [-0.05, 0) is 62.7 Å². The molecule has 0 saturated heterocycles. The summed E-state index contributed by atoms with van der Waals surface area (Å²) in [5.74, 6) is -1.11. The van der Waals surface area contributed by atoms with E-state index in [0.717, 1.165) is 17.2 Å². The van der Waals surface area contributed by atoms with Gasteiger partial charge in [0.05, 0.1) is 16.1 Å². The number of benzene rings is 3. The Morgan fingerprint density at radius 1 is 1.03 bits per heavy atom. The number of halogens is 1. The third-order valence-electron chi connectivity index (χ3n) is 5.23. The number of para-hydroxylation sites is 1. The summed E-state index contributed by atoms with van der Waals surface area (Å²) in [4.78, 5) is 12.7. The van der Waals surface area contributed by atoms with Crippen LogP contribution in [0.5, 0.6) is 0 Å². The monoisotopic (exact) mass is 495 g/mol. The molecule has 3 aromatic carbocycles. The van der Waals surface area contributed by atoms with Gasteiger partial charge < -0.3 is 9.15 Å². The maximum Gasteiger partial charge on any atom is 0.339 e. The molecule has 0 radical (unpaired) electrons. The number of ether oxygens (including phenoxy) is 1. The quantitative estimate of drug-likeness (QED) is 0.350. The Labute approximate surface area is 201 Å². The molecule has 180 valence electrons. The van der Waals surface area contributed by atoms with Gasteiger partial charge in [-0.25, -0.2) is 17.6 Å². The zero-order chi connectivity index (χ0) is 25.2. The molecule has 1 aromatic heterocycles. The minimum Gasteiger partial charge on any atom is -0.449 e. The number of aromatic nitrogens is 2. The van der Waals surface area contributed by atoms with Crippen molar-refractivity contribution in [1.29, 1.82) is 0 Å². The normalized spacial score (nSPS) is 12.2. The molecule has 4 rings (SSSR count). The van der Waals surface area contributed by atoms with Crippen molar-refractivity contribution in [3.05, 3.63) is 95.1 Å². The number of carbonyl (C=O) groups is 1. The largest absolute Gasteiger partial charge is 0.449 e. The summed E-state index contributed by atoms with van der Waals surface area (Å²) in [5.41, 5.74) is 2.14. The van der Waals surface area contributed by atoms with Gasteiger partial charge in [-0.15, -0.1) is 10.2 Å². The summed E-state index contributed by atoms with van der Waals surface area (Å²) in [6, 6.07) is 16.9. The maximum absolute atomic E-state index is 13.9. The average Bonchev–Trinajstić information content (AvgIpc) is 3.31. The predicted octanol–water partition coefficient (Wildman–Crippen LogP) is 5.21. The molecule has 10 heteroatoms. The van der Waals surface area contributed by atoms with Gasteiger partial charge in [0.15, 0.2) is 6.10 Å². The second kappa shape index (κ2) is 9.67. The molecule has 0 spiro atoms. The van der Waals surface area contributed by atoms with E-state index >= 15 is 0 Å². The molecule has 0 aliphatic rings. The fourth-order valence-corrected chi connectivity index (χ4v) is 4.32. The standard InChI is InChI=1S/C25H22FN3O5S/c1-15-8-11-18(12-9-15)24-28-27-23(34-24)17(3)33-25(30)20-14-19(13-10-16(20)2)35(31,32)29-22-7-5-4-6-21(22)26/h4-14,17,29H,1-3H3. The molecule has 35 heavy (non-hydrogen) atoms. The lowest BCUT2D eigenvalue weighted by atomic mass is 10.1. The van der Waals surface area contributed by atoms with E-state index in [-0.39, 0.29) is 27.9 Å². The van der Waals surface area contributed by atoms with Crippen LogP contribution in [0.25, 0.3) is 11.5 Å². The van der Waals surface area contributed by atoms with Crippen LogP contribution in [0.3, 0.4) is 0 Å². The second-order valence-corrected chi connectivity index (χ2v) is 9.60. The van der Waals surface area contributed by atoms with E-state index in [1.54, 1.807) is 13.8 Å². The summed E-state index contributed by atoms with van der Waals surface area (Å²) in [7, 11) is -4.16. The number of anilines is 1. The predicted molar refractivity (Wildman–Crippen MR) is 127 cm³/mol. The summed E-state index contributed by atoms with van der Waals surface area (Å²) >= 11 is 0. The van der Waals surface area contributed by atoms with Crippen LogP contribution in [0, 0.1) is 19.7 Å². The van der Waals surface area contributed by atoms with Gasteiger partial charge in [-0.3, -0.25) is 4.72 Å². The van der Waals surface area contributed by atoms with Crippen molar-refractivity contribution in [1.82, 2.24) is 10.2 Å². The maximum atomic E-state index is 13.9. The highest BCUT2D eigenvalue weighted by Crippen LogP contribution is 2.25. The van der Waals surface area contributed by atoms with Crippen molar-refractivity contribution >= 4 is 21.7 Å². The molecule has 0 aliphatic carbocycles. The number of sulfonamides is 1. The third kappa shape index (κ3) is 5.38. The highest BCUT2D eigenvalue weighted by atomic mass is 32.2. The van der Waals surface area contributed by atoms with Crippen LogP contribution in [0.4, 0.5) is 10.1 Å². The lowest BCUT2D eigenvalue weighted by Crippen LogP contribution is -2.16. The Hall–Kier alpha value is -4.05. The van der Waals surface area contributed by atoms with Gasteiger partial charge in [0.25, 0.3) is 15.9 Å². The van der Waals surface area contributed by atoms with Crippen molar-refractivity contribution in [3.8, 4) is 11.5 Å². The zero-order valence-corrected chi connectivity index (χ0v) is 20.0. The van der Waals surface area contributed by atoms with Gasteiger partial charge in [0.2, 0.25) is 5.89 Å². The molecule has 1 atom stereocenters. The van der Waals surface area contributed by atoms with Gasteiger partial charge in [0, 0.05) is 5.56 Å². The van der Waals surface area contributed by atoms with Gasteiger partial charge >= 0.3 is 5.97 Å². The van der Waals surface area contributed by atoms with E-state index in [2.05, 4.69) is 14.9 Å². The highest BCUT2D eigenvalue weighted by Gasteiger charge is 2.24. The molecule has 1 unspecified atom stereocenters. The number of rotatable bonds is 7. The zero-order valence-electron chi connectivity index (χ0n) is 19.2. The molecule has 8 nitrogen and oxygen atoms in total. The molecule has 1 heterocycles. The van der Waals surface area contributed by atoms with E-state index in [4.69, 9.17) is 9.15 Å². The van der Waals surface area contributed by atoms with Crippen molar-refractivity contribution in [3.63, 3.8) is 0 Å². The first-order chi connectivity index (χ1) is 16.6. The smallest absolute Gasteiger partial charge is 0.339 e. The minimum absolute atomic E-state index is 0.0338. The Bertz CT molecular complexity index is 1480. The second-order valence-electron chi connectivity index (χ2n) is 7.92. The number of nitrogens with one attached hydrogen (secondary N) is 1. The molecule has 0 saturated carbocycles. The number of hydrogen-bond donors (Lipinski definition) is 1. The van der Waals surface area contributed by atoms with E-state index in [1.165, 1.54) is 36.4 Å². The first kappa shape index (κ1) is 24.1. The summed E-state index contributed by atoms with van der Waals surface area (Å²) in [5, 5.41) is 7.96. The number of hydrogen-bond acceptors (Lipinski definition) is 7. The molecule has 1 N–H and O–H groups in total. The fraction of sp³-hybridized carbons (Fsp3) is 0.160. The summed E-state index contributed by atoms with van der Waals surface area (Å²) in [6.07, 6.45) is -0.884. The fourth-order valence-electron chi connectivity index (χ4n) is 3.22. The first-order valence-corrected chi connectivity index (χ1v) is 12.1. The van der Waals surface area contributed by atoms with Crippen LogP contribution in [0.15, 0.2) is 76.0 Å². The third-order valence-corrected chi connectivity index (χ3v) is 6.59. The van der Waals surface area contributed by atoms with Crippen LogP contribution >= 0.6 is 0 Å². The molecular weight excluding hydrogens is 473 g/mol. The Morgan fingerprint density at radius 2 is 1.74 bits per heavy atom. The molecule has 0 amide bonds. The van der Waals surface area contributed by atoms with E-state index < -0.39 is 27.9 Å². The van der Waals surface area contributed by atoms with Gasteiger partial charge in [-0.1, -0.05) is 35.9 Å². The average molecular weight is 496 g/mol. The molecular formula is C25H22FN3O5S. The molecule has 0 bridgehead atoms. The number of nitrogens with zero attached hydrogens (tertiary/aromatic N) is 2. The lowest BCUT2D eigenvalue weighted by molar-refractivity contribution is 0.0278. The van der Waals surface area contributed by atoms with Crippen LogP contribution in [0.2, 0.25) is 0 Å². The topological polar surface area (TPSA) is 111 Å². The van der Waals surface area contributed by atoms with Crippen LogP contribution in [-0.2, 0) is 14.8 Å². The number of carbonyl (C=O) groups excluding carboxylic acids is 1. The molecule has 0 aliphatic heterocycles. The van der Waals surface area contributed by atoms with Gasteiger partial charge in [-0.2, -0.15) is 0 Å². The number of esters is 1. The van der Waals surface area contributed by atoms with Crippen molar-refractivity contribution < 1.29 is 26.8 Å². The van der Waals surface area contributed by atoms with Crippen LogP contribution < -0.4 is 4.72 Å². The van der Waals surface area contributed by atoms with Crippen LogP contribution in [0.1, 0.15) is 40.4 Å². The van der Waals surface area contributed by atoms with Crippen LogP contribution in [-0.4, -0.2) is 24.6 Å². The summed E-state index contributed by atoms with van der Waals surface area (Å²) in [6.45, 7) is 5.17. The Kier molecular flexibility index (Phi) is 6.65. The van der Waals surface area contributed by atoms with Crippen molar-refractivity contribution in [2.75, 3.05) is 4.72 Å².